The molecule has 1 N–H and O–H groups in total. The van der Waals surface area contributed by atoms with Gasteiger partial charge in [0.25, 0.3) is 0 Å². The number of aromatic nitrogens is 1. The third-order valence-corrected chi connectivity index (χ3v) is 2.60. The van der Waals surface area contributed by atoms with E-state index in [1.165, 1.54) is 13.3 Å². The standard InChI is InChI=1S/C10H14N2O3.ClH/c1-14-10(13)8-6-12-9(15-8)7-2-4-11-5-3-7;/h6-7,11H,2-5H2,1H3;1H. The Bertz CT molecular complexity index is 348. The van der Waals surface area contributed by atoms with Gasteiger partial charge in [-0.3, -0.25) is 0 Å². The first-order chi connectivity index (χ1) is 7.31. The molecule has 5 nitrogen and oxygen atoms in total. The van der Waals surface area contributed by atoms with Crippen LogP contribution in [0.4, 0.5) is 0 Å². The quantitative estimate of drug-likeness (QED) is 0.798. The van der Waals surface area contributed by atoms with Crippen LogP contribution in [-0.4, -0.2) is 31.2 Å². The molecule has 0 spiro atoms. The molecule has 2 heterocycles. The number of hydrogen-bond acceptors (Lipinski definition) is 5. The fraction of sp³-hybridized carbons (Fsp3) is 0.600. The van der Waals surface area contributed by atoms with Gasteiger partial charge in [0.15, 0.2) is 5.89 Å². The summed E-state index contributed by atoms with van der Waals surface area (Å²) in [7, 11) is 1.33. The molecule has 0 aliphatic carbocycles. The monoisotopic (exact) mass is 246 g/mol. The molecule has 1 aliphatic heterocycles. The van der Waals surface area contributed by atoms with Crippen molar-refractivity contribution in [2.24, 2.45) is 0 Å². The lowest BCUT2D eigenvalue weighted by Gasteiger charge is -2.19. The van der Waals surface area contributed by atoms with Crippen LogP contribution >= 0.6 is 12.4 Å². The van der Waals surface area contributed by atoms with Crippen LogP contribution in [0.1, 0.15) is 35.2 Å². The molecule has 1 aromatic heterocycles. The maximum absolute atomic E-state index is 11.1. The smallest absolute Gasteiger partial charge is 0.375 e. The summed E-state index contributed by atoms with van der Waals surface area (Å²) in [4.78, 5) is 15.3. The summed E-state index contributed by atoms with van der Waals surface area (Å²) < 4.78 is 9.91. The van der Waals surface area contributed by atoms with E-state index in [0.717, 1.165) is 25.9 Å². The zero-order valence-electron chi connectivity index (χ0n) is 9.06. The van der Waals surface area contributed by atoms with Gasteiger partial charge in [-0.05, 0) is 25.9 Å². The third-order valence-electron chi connectivity index (χ3n) is 2.60. The van der Waals surface area contributed by atoms with E-state index in [2.05, 4.69) is 15.0 Å². The molecule has 0 saturated carbocycles. The van der Waals surface area contributed by atoms with E-state index >= 15 is 0 Å². The molecule has 0 amide bonds. The summed E-state index contributed by atoms with van der Waals surface area (Å²) in [6.45, 7) is 1.95. The Morgan fingerprint density at radius 2 is 2.25 bits per heavy atom. The minimum Gasteiger partial charge on any atom is -0.463 e. The minimum absolute atomic E-state index is 0. The van der Waals surface area contributed by atoms with Crippen molar-refractivity contribution >= 4 is 18.4 Å². The molecule has 0 aromatic carbocycles. The SMILES string of the molecule is COC(=O)c1cnc(C2CCNCC2)o1.Cl. The third kappa shape index (κ3) is 2.74. The van der Waals surface area contributed by atoms with Gasteiger partial charge in [-0.25, -0.2) is 9.78 Å². The van der Waals surface area contributed by atoms with Gasteiger partial charge in [-0.15, -0.1) is 12.4 Å². The number of rotatable bonds is 2. The topological polar surface area (TPSA) is 64.4 Å². The van der Waals surface area contributed by atoms with Crippen molar-refractivity contribution < 1.29 is 13.9 Å². The Hall–Kier alpha value is -1.07. The minimum atomic E-state index is -0.470. The second kappa shape index (κ2) is 5.86. The molecule has 1 saturated heterocycles. The van der Waals surface area contributed by atoms with Crippen LogP contribution in [0.15, 0.2) is 10.6 Å². The Labute approximate surface area is 100.0 Å². The van der Waals surface area contributed by atoms with Gasteiger partial charge < -0.3 is 14.5 Å². The lowest BCUT2D eigenvalue weighted by atomic mass is 9.98. The highest BCUT2D eigenvalue weighted by Gasteiger charge is 2.21. The van der Waals surface area contributed by atoms with E-state index in [4.69, 9.17) is 4.42 Å². The Balaban J connectivity index is 0.00000128. The van der Waals surface area contributed by atoms with Gasteiger partial charge in [-0.1, -0.05) is 0 Å². The van der Waals surface area contributed by atoms with E-state index in [1.807, 2.05) is 0 Å². The van der Waals surface area contributed by atoms with Gasteiger partial charge in [0, 0.05) is 5.92 Å². The molecule has 0 radical (unpaired) electrons. The lowest BCUT2D eigenvalue weighted by Crippen LogP contribution is -2.26. The van der Waals surface area contributed by atoms with Gasteiger partial charge in [0.05, 0.1) is 13.3 Å². The molecule has 2 rings (SSSR count). The number of ether oxygens (including phenoxy) is 1. The molecule has 16 heavy (non-hydrogen) atoms. The summed E-state index contributed by atoms with van der Waals surface area (Å²) >= 11 is 0. The van der Waals surface area contributed by atoms with Crippen molar-refractivity contribution in [3.63, 3.8) is 0 Å². The van der Waals surface area contributed by atoms with E-state index < -0.39 is 5.97 Å². The zero-order chi connectivity index (χ0) is 10.7. The number of nitrogens with one attached hydrogen (secondary N) is 1. The molecule has 1 aromatic rings. The van der Waals surface area contributed by atoms with Crippen LogP contribution in [0.5, 0.6) is 0 Å². The maximum atomic E-state index is 11.1. The van der Waals surface area contributed by atoms with Crippen LogP contribution in [0.3, 0.4) is 0 Å². The molecular formula is C10H15ClN2O3. The van der Waals surface area contributed by atoms with Crippen molar-refractivity contribution in [1.29, 1.82) is 0 Å². The fourth-order valence-electron chi connectivity index (χ4n) is 1.74. The first kappa shape index (κ1) is 13.0. The van der Waals surface area contributed by atoms with Crippen molar-refractivity contribution in [3.8, 4) is 0 Å². The largest absolute Gasteiger partial charge is 0.463 e. The molecular weight excluding hydrogens is 232 g/mol. The second-order valence-electron chi connectivity index (χ2n) is 3.58. The number of carbonyl (C=O) groups is 1. The summed E-state index contributed by atoms with van der Waals surface area (Å²) in [5.74, 6) is 0.690. The number of piperidine rings is 1. The number of esters is 1. The predicted octanol–water partition coefficient (Wildman–Crippen LogP) is 1.35. The highest BCUT2D eigenvalue weighted by atomic mass is 35.5. The summed E-state index contributed by atoms with van der Waals surface area (Å²) in [6, 6.07) is 0. The highest BCUT2D eigenvalue weighted by molar-refractivity contribution is 5.85. The van der Waals surface area contributed by atoms with Crippen molar-refractivity contribution in [2.75, 3.05) is 20.2 Å². The summed E-state index contributed by atoms with van der Waals surface area (Å²) in [5, 5.41) is 3.26. The van der Waals surface area contributed by atoms with Gasteiger partial charge in [-0.2, -0.15) is 0 Å². The molecule has 0 atom stereocenters. The fourth-order valence-corrected chi connectivity index (χ4v) is 1.74. The average molecular weight is 247 g/mol. The normalized spacial score (nSPS) is 16.6. The Kier molecular flexibility index (Phi) is 4.76. The first-order valence-electron chi connectivity index (χ1n) is 5.06. The van der Waals surface area contributed by atoms with Crippen molar-refractivity contribution in [1.82, 2.24) is 10.3 Å². The van der Waals surface area contributed by atoms with E-state index in [-0.39, 0.29) is 18.2 Å². The van der Waals surface area contributed by atoms with Crippen molar-refractivity contribution in [3.05, 3.63) is 17.8 Å². The Morgan fingerprint density at radius 3 is 2.88 bits per heavy atom. The van der Waals surface area contributed by atoms with E-state index in [1.54, 1.807) is 0 Å². The molecule has 6 heteroatoms. The van der Waals surface area contributed by atoms with Gasteiger partial charge in [0.1, 0.15) is 0 Å². The van der Waals surface area contributed by atoms with Gasteiger partial charge >= 0.3 is 5.97 Å². The molecule has 0 unspecified atom stereocenters. The molecule has 1 fully saturated rings. The number of oxazole rings is 1. The number of carbonyl (C=O) groups excluding carboxylic acids is 1. The van der Waals surface area contributed by atoms with Crippen LogP contribution < -0.4 is 5.32 Å². The summed E-state index contributed by atoms with van der Waals surface area (Å²) in [5.41, 5.74) is 0. The predicted molar refractivity (Wildman–Crippen MR) is 59.9 cm³/mol. The summed E-state index contributed by atoms with van der Waals surface area (Å²) in [6.07, 6.45) is 3.44. The van der Waals surface area contributed by atoms with E-state index in [9.17, 15) is 4.79 Å². The van der Waals surface area contributed by atoms with Crippen molar-refractivity contribution in [2.45, 2.75) is 18.8 Å². The van der Waals surface area contributed by atoms with Crippen LogP contribution in [0.2, 0.25) is 0 Å². The molecule has 1 aliphatic rings. The second-order valence-corrected chi connectivity index (χ2v) is 3.58. The number of methoxy groups -OCH3 is 1. The molecule has 90 valence electrons. The van der Waals surface area contributed by atoms with Gasteiger partial charge in [0.2, 0.25) is 5.76 Å². The molecule has 0 bridgehead atoms. The number of nitrogens with zero attached hydrogens (tertiary/aromatic N) is 1. The zero-order valence-corrected chi connectivity index (χ0v) is 9.88. The Morgan fingerprint density at radius 1 is 1.56 bits per heavy atom. The maximum Gasteiger partial charge on any atom is 0.375 e. The number of hydrogen-bond donors (Lipinski definition) is 1. The highest BCUT2D eigenvalue weighted by Crippen LogP contribution is 2.24. The lowest BCUT2D eigenvalue weighted by molar-refractivity contribution is 0.0562. The number of halogens is 1. The van der Waals surface area contributed by atoms with Crippen LogP contribution in [0.25, 0.3) is 0 Å². The first-order valence-corrected chi connectivity index (χ1v) is 5.06. The van der Waals surface area contributed by atoms with E-state index in [0.29, 0.717) is 11.8 Å². The van der Waals surface area contributed by atoms with Crippen LogP contribution in [0, 0.1) is 0 Å². The average Bonchev–Trinajstić information content (AvgIpc) is 2.78. The van der Waals surface area contributed by atoms with Crippen LogP contribution in [-0.2, 0) is 4.74 Å².